The Labute approximate surface area is 186 Å². The molecule has 1 aliphatic rings. The zero-order chi connectivity index (χ0) is 22.0. The molecule has 162 valence electrons. The van der Waals surface area contributed by atoms with Crippen molar-refractivity contribution in [2.75, 3.05) is 36.2 Å². The number of hydrogen-bond donors (Lipinski definition) is 1. The molecule has 11 heteroatoms. The molecule has 1 fully saturated rings. The van der Waals surface area contributed by atoms with Gasteiger partial charge in [-0.3, -0.25) is 14.2 Å². The monoisotopic (exact) mass is 459 g/mol. The van der Waals surface area contributed by atoms with Gasteiger partial charge in [-0.05, 0) is 37.1 Å². The van der Waals surface area contributed by atoms with Gasteiger partial charge in [-0.15, -0.1) is 0 Å². The largest absolute Gasteiger partial charge is 0.465 e. The normalized spacial score (nSPS) is 13.5. The lowest BCUT2D eigenvalue weighted by molar-refractivity contribution is -0.113. The van der Waals surface area contributed by atoms with Gasteiger partial charge >= 0.3 is 5.97 Å². The highest BCUT2D eigenvalue weighted by Gasteiger charge is 2.20. The number of esters is 1. The number of nitrogens with zero attached hydrogens (tertiary/aromatic N) is 4. The number of benzene rings is 1. The van der Waals surface area contributed by atoms with Crippen LogP contribution in [-0.4, -0.2) is 52.4 Å². The number of nitrogens with one attached hydrogen (secondary N) is 1. The van der Waals surface area contributed by atoms with E-state index >= 15 is 0 Å². The van der Waals surface area contributed by atoms with Crippen LogP contribution in [0.15, 0.2) is 34.2 Å². The number of aromatic nitrogens is 3. The number of ether oxygens (including phenoxy) is 1. The molecule has 1 amide bonds. The Bertz CT molecular complexity index is 1180. The van der Waals surface area contributed by atoms with E-state index in [1.807, 2.05) is 0 Å². The SMILES string of the molecule is COC(=O)c1ccc(NC(=O)CSc2nc3nc(N4CCCC4)sc3c(=O)n2C)cc1. The maximum absolute atomic E-state index is 12.7. The molecule has 1 aromatic carbocycles. The molecular formula is C20H21N5O4S2. The summed E-state index contributed by atoms with van der Waals surface area (Å²) in [6.07, 6.45) is 2.26. The molecule has 1 saturated heterocycles. The van der Waals surface area contributed by atoms with Gasteiger partial charge in [0.15, 0.2) is 15.9 Å². The van der Waals surface area contributed by atoms with Gasteiger partial charge < -0.3 is 15.0 Å². The van der Waals surface area contributed by atoms with Crippen LogP contribution in [0, 0.1) is 0 Å². The second-order valence-electron chi connectivity index (χ2n) is 7.01. The lowest BCUT2D eigenvalue weighted by atomic mass is 10.2. The predicted molar refractivity (Wildman–Crippen MR) is 121 cm³/mol. The Kier molecular flexibility index (Phi) is 6.23. The second kappa shape index (κ2) is 9.06. The first-order valence-electron chi connectivity index (χ1n) is 9.70. The lowest BCUT2D eigenvalue weighted by Gasteiger charge is -2.11. The van der Waals surface area contributed by atoms with E-state index < -0.39 is 5.97 Å². The average molecular weight is 460 g/mol. The summed E-state index contributed by atoms with van der Waals surface area (Å²) in [5, 5.41) is 4.02. The molecule has 0 aliphatic carbocycles. The number of carbonyl (C=O) groups is 2. The molecule has 3 heterocycles. The van der Waals surface area contributed by atoms with E-state index in [9.17, 15) is 14.4 Å². The number of anilines is 2. The van der Waals surface area contributed by atoms with Gasteiger partial charge in [-0.1, -0.05) is 23.1 Å². The maximum atomic E-state index is 12.7. The number of rotatable bonds is 6. The molecular weight excluding hydrogens is 438 g/mol. The molecule has 1 N–H and O–H groups in total. The summed E-state index contributed by atoms with van der Waals surface area (Å²) >= 11 is 2.55. The van der Waals surface area contributed by atoms with E-state index in [1.165, 1.54) is 34.8 Å². The van der Waals surface area contributed by atoms with Crippen LogP contribution in [0.3, 0.4) is 0 Å². The maximum Gasteiger partial charge on any atom is 0.337 e. The standard InChI is InChI=1S/C20H21N5O4S2/c1-24-17(27)15-16(23-20(31-15)25-9-3-4-10-25)22-19(24)30-11-14(26)21-13-7-5-12(6-8-13)18(28)29-2/h5-8H,3-4,9-11H2,1-2H3,(H,21,26). The number of hydrogen-bond acceptors (Lipinski definition) is 9. The van der Waals surface area contributed by atoms with Gasteiger partial charge in [-0.2, -0.15) is 4.98 Å². The Hall–Kier alpha value is -2.92. The molecule has 0 radical (unpaired) electrons. The van der Waals surface area contributed by atoms with Crippen molar-refractivity contribution in [3.8, 4) is 0 Å². The topological polar surface area (TPSA) is 106 Å². The number of thioether (sulfide) groups is 1. The highest BCUT2D eigenvalue weighted by Crippen LogP contribution is 2.29. The van der Waals surface area contributed by atoms with E-state index in [0.717, 1.165) is 31.1 Å². The van der Waals surface area contributed by atoms with Crippen LogP contribution in [0.1, 0.15) is 23.2 Å². The Morgan fingerprint density at radius 2 is 1.90 bits per heavy atom. The summed E-state index contributed by atoms with van der Waals surface area (Å²) in [5.41, 5.74) is 1.23. The molecule has 1 aliphatic heterocycles. The third-order valence-corrected chi connectivity index (χ3v) is 7.01. The molecule has 2 aromatic heterocycles. The number of fused-ring (bicyclic) bond motifs is 1. The lowest BCUT2D eigenvalue weighted by Crippen LogP contribution is -2.20. The summed E-state index contributed by atoms with van der Waals surface area (Å²) < 4.78 is 6.64. The molecule has 0 unspecified atom stereocenters. The van der Waals surface area contributed by atoms with Crippen LogP contribution in [0.4, 0.5) is 10.8 Å². The Morgan fingerprint density at radius 3 is 2.58 bits per heavy atom. The molecule has 0 bridgehead atoms. The zero-order valence-corrected chi connectivity index (χ0v) is 18.7. The molecule has 0 spiro atoms. The highest BCUT2D eigenvalue weighted by molar-refractivity contribution is 7.99. The van der Waals surface area contributed by atoms with E-state index in [0.29, 0.717) is 26.8 Å². The Morgan fingerprint density at radius 1 is 1.19 bits per heavy atom. The van der Waals surface area contributed by atoms with Crippen molar-refractivity contribution in [2.24, 2.45) is 7.05 Å². The molecule has 9 nitrogen and oxygen atoms in total. The minimum absolute atomic E-state index is 0.0770. The highest BCUT2D eigenvalue weighted by atomic mass is 32.2. The second-order valence-corrected chi connectivity index (χ2v) is 8.93. The van der Waals surface area contributed by atoms with Gasteiger partial charge in [0.25, 0.3) is 5.56 Å². The van der Waals surface area contributed by atoms with E-state index in [2.05, 4.69) is 24.9 Å². The molecule has 31 heavy (non-hydrogen) atoms. The first-order valence-corrected chi connectivity index (χ1v) is 11.5. The average Bonchev–Trinajstić information content (AvgIpc) is 3.45. The number of carbonyl (C=O) groups excluding carboxylic acids is 2. The molecule has 0 atom stereocenters. The van der Waals surface area contributed by atoms with Gasteiger partial charge in [-0.25, -0.2) is 9.78 Å². The van der Waals surface area contributed by atoms with Crippen molar-refractivity contribution < 1.29 is 14.3 Å². The van der Waals surface area contributed by atoms with Gasteiger partial charge in [0.1, 0.15) is 4.70 Å². The Balaban J connectivity index is 1.44. The molecule has 4 rings (SSSR count). The number of methoxy groups -OCH3 is 1. The van der Waals surface area contributed by atoms with Crippen molar-refractivity contribution >= 4 is 56.1 Å². The van der Waals surface area contributed by atoms with Gasteiger partial charge in [0.2, 0.25) is 5.91 Å². The van der Waals surface area contributed by atoms with Crippen molar-refractivity contribution in [3.63, 3.8) is 0 Å². The third-order valence-electron chi connectivity index (χ3n) is 4.88. The first-order chi connectivity index (χ1) is 15.0. The molecule has 0 saturated carbocycles. The number of amides is 1. The smallest absolute Gasteiger partial charge is 0.337 e. The van der Waals surface area contributed by atoms with Crippen LogP contribution in [0.5, 0.6) is 0 Å². The van der Waals surface area contributed by atoms with Crippen molar-refractivity contribution in [3.05, 3.63) is 40.2 Å². The van der Waals surface area contributed by atoms with Crippen molar-refractivity contribution in [2.45, 2.75) is 18.0 Å². The van der Waals surface area contributed by atoms with E-state index in [1.54, 1.807) is 31.3 Å². The quantitative estimate of drug-likeness (QED) is 0.340. The van der Waals surface area contributed by atoms with Crippen molar-refractivity contribution in [1.82, 2.24) is 14.5 Å². The fraction of sp³-hybridized carbons (Fsp3) is 0.350. The van der Waals surface area contributed by atoms with Crippen LogP contribution >= 0.6 is 23.1 Å². The summed E-state index contributed by atoms with van der Waals surface area (Å²) in [5.74, 6) is -0.611. The van der Waals surface area contributed by atoms with Crippen LogP contribution in [0.2, 0.25) is 0 Å². The molecule has 3 aromatic rings. The van der Waals surface area contributed by atoms with E-state index in [4.69, 9.17) is 0 Å². The first kappa shape index (κ1) is 21.3. The fourth-order valence-electron chi connectivity index (χ4n) is 3.23. The predicted octanol–water partition coefficient (Wildman–Crippen LogP) is 2.51. The zero-order valence-electron chi connectivity index (χ0n) is 17.1. The van der Waals surface area contributed by atoms with Crippen LogP contribution in [0.25, 0.3) is 10.3 Å². The van der Waals surface area contributed by atoms with Gasteiger partial charge in [0.05, 0.1) is 18.4 Å². The fourth-order valence-corrected chi connectivity index (χ4v) is 5.02. The third kappa shape index (κ3) is 4.57. The van der Waals surface area contributed by atoms with E-state index in [-0.39, 0.29) is 17.2 Å². The van der Waals surface area contributed by atoms with Crippen LogP contribution < -0.4 is 15.8 Å². The minimum Gasteiger partial charge on any atom is -0.465 e. The summed E-state index contributed by atoms with van der Waals surface area (Å²) in [6.45, 7) is 1.89. The summed E-state index contributed by atoms with van der Waals surface area (Å²) in [4.78, 5) is 47.8. The van der Waals surface area contributed by atoms with Crippen LogP contribution in [-0.2, 0) is 16.6 Å². The minimum atomic E-state index is -0.439. The summed E-state index contributed by atoms with van der Waals surface area (Å²) in [6, 6.07) is 6.41. The van der Waals surface area contributed by atoms with Gasteiger partial charge in [0, 0.05) is 25.8 Å². The number of thiazole rings is 1. The van der Waals surface area contributed by atoms with Crippen molar-refractivity contribution in [1.29, 1.82) is 0 Å². The summed E-state index contributed by atoms with van der Waals surface area (Å²) in [7, 11) is 2.96.